The Hall–Kier alpha value is -0.450. The zero-order chi connectivity index (χ0) is 16.7. The first-order valence-electron chi connectivity index (χ1n) is 8.27. The lowest BCUT2D eigenvalue weighted by molar-refractivity contribution is 0.00752. The van der Waals surface area contributed by atoms with E-state index in [0.717, 1.165) is 43.8 Å². The lowest BCUT2D eigenvalue weighted by atomic mass is 10.0. The molecule has 24 heavy (non-hydrogen) atoms. The number of aryl methyl sites for hydroxylation is 1. The molecule has 0 amide bonds. The van der Waals surface area contributed by atoms with Crippen LogP contribution in [0.25, 0.3) is 0 Å². The van der Waals surface area contributed by atoms with E-state index < -0.39 is 0 Å². The average molecular weight is 467 g/mol. The quantitative estimate of drug-likeness (QED) is 0.381. The van der Waals surface area contributed by atoms with Crippen molar-refractivity contribution in [3.63, 3.8) is 0 Å². The predicted octanol–water partition coefficient (Wildman–Crippen LogP) is 2.09. The minimum Gasteiger partial charge on any atom is -0.379 e. The van der Waals surface area contributed by atoms with Gasteiger partial charge in [0.1, 0.15) is 5.01 Å². The summed E-state index contributed by atoms with van der Waals surface area (Å²) in [7, 11) is 1.81. The van der Waals surface area contributed by atoms with Gasteiger partial charge in [-0.25, -0.2) is 4.98 Å². The minimum atomic E-state index is 0. The number of hydrogen-bond acceptors (Lipinski definition) is 5. The molecule has 0 spiro atoms. The van der Waals surface area contributed by atoms with Gasteiger partial charge in [0.15, 0.2) is 5.96 Å². The molecule has 1 aromatic heterocycles. The molecule has 1 aromatic rings. The largest absolute Gasteiger partial charge is 0.379 e. The van der Waals surface area contributed by atoms with Crippen LogP contribution in [-0.4, -0.2) is 61.8 Å². The summed E-state index contributed by atoms with van der Waals surface area (Å²) in [5, 5.41) is 7.88. The molecule has 0 aliphatic carbocycles. The average Bonchev–Trinajstić information content (AvgIpc) is 2.96. The van der Waals surface area contributed by atoms with Crippen molar-refractivity contribution in [2.45, 2.75) is 33.4 Å². The first kappa shape index (κ1) is 21.6. The molecule has 1 unspecified atom stereocenters. The number of guanidine groups is 1. The second-order valence-corrected chi connectivity index (χ2v) is 7.45. The molecule has 0 bridgehead atoms. The topological polar surface area (TPSA) is 61.8 Å². The van der Waals surface area contributed by atoms with Crippen LogP contribution in [0.3, 0.4) is 0 Å². The molecule has 1 atom stereocenters. The van der Waals surface area contributed by atoms with Crippen LogP contribution in [0, 0.1) is 12.8 Å². The van der Waals surface area contributed by atoms with Gasteiger partial charge < -0.3 is 15.4 Å². The highest BCUT2D eigenvalue weighted by Gasteiger charge is 2.23. The van der Waals surface area contributed by atoms with Crippen molar-refractivity contribution in [3.05, 3.63) is 16.1 Å². The molecule has 138 valence electrons. The van der Waals surface area contributed by atoms with E-state index in [1.165, 1.54) is 4.88 Å². The maximum atomic E-state index is 5.46. The molecule has 0 saturated carbocycles. The molecule has 2 N–H and O–H groups in total. The molecule has 1 aliphatic rings. The van der Waals surface area contributed by atoms with Crippen LogP contribution < -0.4 is 10.6 Å². The highest BCUT2D eigenvalue weighted by atomic mass is 127. The second-order valence-electron chi connectivity index (χ2n) is 6.13. The standard InChI is InChI=1S/C16H29N5OS.HI/c1-12(2)14(21-5-7-22-8-6-21)10-19-16(17-4)20-11-15-18-9-13(3)23-15;/h9,12,14H,5-8,10-11H2,1-4H3,(H2,17,19,20);1H. The SMILES string of the molecule is CN=C(NCc1ncc(C)s1)NCC(C(C)C)N1CCOCC1.I. The van der Waals surface area contributed by atoms with Gasteiger partial charge in [-0.05, 0) is 12.8 Å². The van der Waals surface area contributed by atoms with E-state index >= 15 is 0 Å². The molecular formula is C16H30IN5OS. The fourth-order valence-electron chi connectivity index (χ4n) is 2.76. The Morgan fingerprint density at radius 3 is 2.62 bits per heavy atom. The molecule has 1 saturated heterocycles. The van der Waals surface area contributed by atoms with Crippen molar-refractivity contribution in [2.24, 2.45) is 10.9 Å². The molecule has 1 fully saturated rings. The fraction of sp³-hybridized carbons (Fsp3) is 0.750. The number of nitrogens with one attached hydrogen (secondary N) is 2. The van der Waals surface area contributed by atoms with Crippen molar-refractivity contribution in [1.82, 2.24) is 20.5 Å². The van der Waals surface area contributed by atoms with Crippen LogP contribution in [0.1, 0.15) is 23.7 Å². The van der Waals surface area contributed by atoms with Crippen molar-refractivity contribution in [3.8, 4) is 0 Å². The van der Waals surface area contributed by atoms with Crippen molar-refractivity contribution >= 4 is 41.3 Å². The summed E-state index contributed by atoms with van der Waals surface area (Å²) in [6.07, 6.45) is 1.91. The van der Waals surface area contributed by atoms with Gasteiger partial charge in [0.2, 0.25) is 0 Å². The smallest absolute Gasteiger partial charge is 0.191 e. The summed E-state index contributed by atoms with van der Waals surface area (Å²) in [4.78, 5) is 12.4. The van der Waals surface area contributed by atoms with E-state index in [0.29, 0.717) is 18.5 Å². The second kappa shape index (κ2) is 11.2. The number of aliphatic imine (C=N–C) groups is 1. The van der Waals surface area contributed by atoms with Crippen molar-refractivity contribution in [2.75, 3.05) is 39.9 Å². The van der Waals surface area contributed by atoms with Gasteiger partial charge in [-0.15, -0.1) is 35.3 Å². The Kier molecular flexibility index (Phi) is 10.1. The summed E-state index contributed by atoms with van der Waals surface area (Å²) in [5.74, 6) is 1.41. The lowest BCUT2D eigenvalue weighted by Gasteiger charge is -2.37. The number of rotatable bonds is 6. The molecule has 2 rings (SSSR count). The van der Waals surface area contributed by atoms with Crippen LogP contribution >= 0.6 is 35.3 Å². The number of ether oxygens (including phenoxy) is 1. The van der Waals surface area contributed by atoms with Gasteiger partial charge in [-0.1, -0.05) is 13.8 Å². The van der Waals surface area contributed by atoms with Gasteiger partial charge in [0, 0.05) is 43.8 Å². The molecule has 0 aromatic carbocycles. The Bertz CT molecular complexity index is 502. The highest BCUT2D eigenvalue weighted by molar-refractivity contribution is 14.0. The van der Waals surface area contributed by atoms with E-state index in [1.807, 2.05) is 13.2 Å². The van der Waals surface area contributed by atoms with Gasteiger partial charge in [0.25, 0.3) is 0 Å². The van der Waals surface area contributed by atoms with Crippen LogP contribution in [0.5, 0.6) is 0 Å². The zero-order valence-electron chi connectivity index (χ0n) is 15.0. The molecule has 0 radical (unpaired) electrons. The fourth-order valence-corrected chi connectivity index (χ4v) is 3.49. The third-order valence-electron chi connectivity index (χ3n) is 4.06. The van der Waals surface area contributed by atoms with Gasteiger partial charge >= 0.3 is 0 Å². The first-order chi connectivity index (χ1) is 11.1. The Morgan fingerprint density at radius 2 is 2.08 bits per heavy atom. The maximum absolute atomic E-state index is 5.46. The van der Waals surface area contributed by atoms with E-state index in [-0.39, 0.29) is 24.0 Å². The van der Waals surface area contributed by atoms with Gasteiger partial charge in [0.05, 0.1) is 19.8 Å². The van der Waals surface area contributed by atoms with E-state index in [9.17, 15) is 0 Å². The Morgan fingerprint density at radius 1 is 1.38 bits per heavy atom. The number of morpholine rings is 1. The number of halogens is 1. The third kappa shape index (κ3) is 6.81. The maximum Gasteiger partial charge on any atom is 0.191 e. The van der Waals surface area contributed by atoms with Gasteiger partial charge in [-0.3, -0.25) is 9.89 Å². The van der Waals surface area contributed by atoms with E-state index in [1.54, 1.807) is 11.3 Å². The Labute approximate surface area is 166 Å². The highest BCUT2D eigenvalue weighted by Crippen LogP contribution is 2.12. The number of thiazole rings is 1. The zero-order valence-corrected chi connectivity index (χ0v) is 18.2. The predicted molar refractivity (Wildman–Crippen MR) is 111 cm³/mol. The van der Waals surface area contributed by atoms with Crippen LogP contribution in [0.2, 0.25) is 0 Å². The van der Waals surface area contributed by atoms with Crippen molar-refractivity contribution in [1.29, 1.82) is 0 Å². The minimum absolute atomic E-state index is 0. The number of aromatic nitrogens is 1. The monoisotopic (exact) mass is 467 g/mol. The van der Waals surface area contributed by atoms with Crippen LogP contribution in [0.15, 0.2) is 11.2 Å². The third-order valence-corrected chi connectivity index (χ3v) is 4.98. The summed E-state index contributed by atoms with van der Waals surface area (Å²) < 4.78 is 5.46. The molecule has 1 aliphatic heterocycles. The van der Waals surface area contributed by atoms with E-state index in [2.05, 4.69) is 46.3 Å². The first-order valence-corrected chi connectivity index (χ1v) is 9.09. The molecular weight excluding hydrogens is 437 g/mol. The summed E-state index contributed by atoms with van der Waals surface area (Å²) in [6.45, 7) is 11.9. The summed E-state index contributed by atoms with van der Waals surface area (Å²) in [6, 6.07) is 0.486. The van der Waals surface area contributed by atoms with Crippen molar-refractivity contribution < 1.29 is 4.74 Å². The Balaban J connectivity index is 0.00000288. The molecule has 2 heterocycles. The molecule has 6 nitrogen and oxygen atoms in total. The number of hydrogen-bond donors (Lipinski definition) is 2. The van der Waals surface area contributed by atoms with Gasteiger partial charge in [-0.2, -0.15) is 0 Å². The summed E-state index contributed by atoms with van der Waals surface area (Å²) >= 11 is 1.71. The number of nitrogens with zero attached hydrogens (tertiary/aromatic N) is 3. The summed E-state index contributed by atoms with van der Waals surface area (Å²) in [5.41, 5.74) is 0. The van der Waals surface area contributed by atoms with E-state index in [4.69, 9.17) is 4.74 Å². The lowest BCUT2D eigenvalue weighted by Crippen LogP contribution is -2.52. The molecule has 8 heteroatoms. The van der Waals surface area contributed by atoms with Crippen LogP contribution in [0.4, 0.5) is 0 Å². The van der Waals surface area contributed by atoms with Crippen LogP contribution in [-0.2, 0) is 11.3 Å². The normalized spacial score (nSPS) is 17.5.